The van der Waals surface area contributed by atoms with E-state index in [1.54, 1.807) is 6.07 Å². The molecule has 6 heteroatoms. The van der Waals surface area contributed by atoms with Crippen LogP contribution in [0.2, 0.25) is 5.15 Å². The van der Waals surface area contributed by atoms with Gasteiger partial charge in [0, 0.05) is 13.2 Å². The van der Waals surface area contributed by atoms with Gasteiger partial charge in [0.05, 0.1) is 6.04 Å². The zero-order chi connectivity index (χ0) is 11.0. The van der Waals surface area contributed by atoms with Crippen molar-refractivity contribution >= 4 is 22.8 Å². The standard InChI is InChI=1S/C10H11ClN4O/c11-9-2-1-8-10(12-9)15(14-13-8)7-3-5-16-6-4-7/h1-2,7H,3-6H2. The van der Waals surface area contributed by atoms with E-state index >= 15 is 0 Å². The lowest BCUT2D eigenvalue weighted by Crippen LogP contribution is -2.20. The maximum atomic E-state index is 5.88. The zero-order valence-corrected chi connectivity index (χ0v) is 9.39. The van der Waals surface area contributed by atoms with E-state index in [0.717, 1.165) is 37.2 Å². The van der Waals surface area contributed by atoms with Crippen LogP contribution in [0, 0.1) is 0 Å². The SMILES string of the molecule is Clc1ccc2nnn(C3CCOCC3)c2n1. The normalized spacial score (nSPS) is 18.1. The van der Waals surface area contributed by atoms with Crippen LogP contribution in [-0.2, 0) is 4.74 Å². The highest BCUT2D eigenvalue weighted by molar-refractivity contribution is 6.29. The van der Waals surface area contributed by atoms with E-state index in [1.165, 1.54) is 0 Å². The molecule has 0 spiro atoms. The Balaban J connectivity index is 2.05. The quantitative estimate of drug-likeness (QED) is 0.712. The van der Waals surface area contributed by atoms with Gasteiger partial charge in [-0.1, -0.05) is 16.8 Å². The Labute approximate surface area is 97.4 Å². The fourth-order valence-electron chi connectivity index (χ4n) is 1.98. The molecular weight excluding hydrogens is 228 g/mol. The molecule has 0 amide bonds. The summed E-state index contributed by atoms with van der Waals surface area (Å²) in [5.41, 5.74) is 1.55. The van der Waals surface area contributed by atoms with Gasteiger partial charge in [0.15, 0.2) is 5.65 Å². The molecule has 0 saturated carbocycles. The molecule has 5 nitrogen and oxygen atoms in total. The van der Waals surface area contributed by atoms with Gasteiger partial charge >= 0.3 is 0 Å². The van der Waals surface area contributed by atoms with Crippen LogP contribution >= 0.6 is 11.6 Å². The lowest BCUT2D eigenvalue weighted by atomic mass is 10.1. The second kappa shape index (κ2) is 3.99. The number of ether oxygens (including phenoxy) is 1. The summed E-state index contributed by atoms with van der Waals surface area (Å²) < 4.78 is 7.19. The van der Waals surface area contributed by atoms with Crippen molar-refractivity contribution in [3.05, 3.63) is 17.3 Å². The van der Waals surface area contributed by atoms with E-state index < -0.39 is 0 Å². The predicted octanol–water partition coefficient (Wildman–Crippen LogP) is 1.83. The number of rotatable bonds is 1. The minimum Gasteiger partial charge on any atom is -0.381 e. The smallest absolute Gasteiger partial charge is 0.180 e. The molecule has 1 aliphatic rings. The Bertz CT molecular complexity index is 506. The number of aromatic nitrogens is 4. The molecule has 84 valence electrons. The number of nitrogens with zero attached hydrogens (tertiary/aromatic N) is 4. The van der Waals surface area contributed by atoms with Crippen molar-refractivity contribution in [3.63, 3.8) is 0 Å². The van der Waals surface area contributed by atoms with Crippen LogP contribution in [0.25, 0.3) is 11.2 Å². The van der Waals surface area contributed by atoms with Gasteiger partial charge in [0.2, 0.25) is 0 Å². The van der Waals surface area contributed by atoms with E-state index in [4.69, 9.17) is 16.3 Å². The second-order valence-electron chi connectivity index (χ2n) is 3.85. The molecule has 16 heavy (non-hydrogen) atoms. The van der Waals surface area contributed by atoms with Crippen molar-refractivity contribution < 1.29 is 4.74 Å². The molecule has 0 radical (unpaired) electrons. The molecule has 0 bridgehead atoms. The van der Waals surface area contributed by atoms with Crippen molar-refractivity contribution in [2.24, 2.45) is 0 Å². The molecule has 1 fully saturated rings. The summed E-state index contributed by atoms with van der Waals surface area (Å²) in [4.78, 5) is 4.27. The molecular formula is C10H11ClN4O. The molecule has 2 aromatic heterocycles. The van der Waals surface area contributed by atoms with Gasteiger partial charge in [0.1, 0.15) is 10.7 Å². The molecule has 3 heterocycles. The van der Waals surface area contributed by atoms with Gasteiger partial charge in [-0.3, -0.25) is 0 Å². The number of pyridine rings is 1. The topological polar surface area (TPSA) is 52.8 Å². The van der Waals surface area contributed by atoms with E-state index in [1.807, 2.05) is 10.7 Å². The highest BCUT2D eigenvalue weighted by Crippen LogP contribution is 2.23. The van der Waals surface area contributed by atoms with E-state index in [2.05, 4.69) is 15.3 Å². The van der Waals surface area contributed by atoms with Crippen molar-refractivity contribution in [2.45, 2.75) is 18.9 Å². The Hall–Kier alpha value is -1.20. The Morgan fingerprint density at radius 2 is 2.12 bits per heavy atom. The number of hydrogen-bond acceptors (Lipinski definition) is 4. The summed E-state index contributed by atoms with van der Waals surface area (Å²) in [6.07, 6.45) is 1.90. The Morgan fingerprint density at radius 3 is 2.94 bits per heavy atom. The monoisotopic (exact) mass is 238 g/mol. The third-order valence-electron chi connectivity index (χ3n) is 2.82. The molecule has 2 aromatic rings. The highest BCUT2D eigenvalue weighted by atomic mass is 35.5. The average molecular weight is 239 g/mol. The van der Waals surface area contributed by atoms with Crippen molar-refractivity contribution in [1.82, 2.24) is 20.0 Å². The van der Waals surface area contributed by atoms with Gasteiger partial charge in [-0.05, 0) is 25.0 Å². The third kappa shape index (κ3) is 1.66. The van der Waals surface area contributed by atoms with E-state index in [-0.39, 0.29) is 0 Å². The predicted molar refractivity (Wildman–Crippen MR) is 59.4 cm³/mol. The summed E-state index contributed by atoms with van der Waals surface area (Å²) in [5, 5.41) is 8.71. The van der Waals surface area contributed by atoms with Crippen LogP contribution in [0.15, 0.2) is 12.1 Å². The number of hydrogen-bond donors (Lipinski definition) is 0. The highest BCUT2D eigenvalue weighted by Gasteiger charge is 2.19. The molecule has 0 N–H and O–H groups in total. The van der Waals surface area contributed by atoms with Crippen LogP contribution in [0.4, 0.5) is 0 Å². The number of halogens is 1. The first-order valence-electron chi connectivity index (χ1n) is 5.30. The van der Waals surface area contributed by atoms with E-state index in [9.17, 15) is 0 Å². The first kappa shape index (κ1) is 9.99. The van der Waals surface area contributed by atoms with Crippen molar-refractivity contribution in [1.29, 1.82) is 0 Å². The Kier molecular flexibility index (Phi) is 2.49. The minimum atomic E-state index is 0.324. The molecule has 0 aliphatic carbocycles. The summed E-state index contributed by atoms with van der Waals surface area (Å²) in [5.74, 6) is 0. The van der Waals surface area contributed by atoms with Gasteiger partial charge in [-0.25, -0.2) is 9.67 Å². The summed E-state index contributed by atoms with van der Waals surface area (Å²) in [6, 6.07) is 3.89. The Morgan fingerprint density at radius 1 is 1.31 bits per heavy atom. The molecule has 3 rings (SSSR count). The lowest BCUT2D eigenvalue weighted by Gasteiger charge is -2.21. The summed E-state index contributed by atoms with van der Waals surface area (Å²) in [6.45, 7) is 1.54. The molecule has 0 atom stereocenters. The van der Waals surface area contributed by atoms with Crippen LogP contribution < -0.4 is 0 Å². The van der Waals surface area contributed by atoms with Crippen LogP contribution in [0.5, 0.6) is 0 Å². The molecule has 1 saturated heterocycles. The first-order valence-corrected chi connectivity index (χ1v) is 5.67. The fourth-order valence-corrected chi connectivity index (χ4v) is 2.12. The third-order valence-corrected chi connectivity index (χ3v) is 3.03. The zero-order valence-electron chi connectivity index (χ0n) is 8.64. The average Bonchev–Trinajstić information content (AvgIpc) is 2.73. The molecule has 0 aromatic carbocycles. The van der Waals surface area contributed by atoms with Crippen LogP contribution in [0.1, 0.15) is 18.9 Å². The van der Waals surface area contributed by atoms with Gasteiger partial charge in [-0.2, -0.15) is 0 Å². The maximum Gasteiger partial charge on any atom is 0.180 e. The summed E-state index contributed by atoms with van der Waals surface area (Å²) in [7, 11) is 0. The molecule has 0 unspecified atom stereocenters. The van der Waals surface area contributed by atoms with Crippen molar-refractivity contribution in [2.75, 3.05) is 13.2 Å². The minimum absolute atomic E-state index is 0.324. The first-order chi connectivity index (χ1) is 7.84. The molecule has 1 aliphatic heterocycles. The second-order valence-corrected chi connectivity index (χ2v) is 4.24. The maximum absolute atomic E-state index is 5.88. The van der Waals surface area contributed by atoms with Crippen molar-refractivity contribution in [3.8, 4) is 0 Å². The van der Waals surface area contributed by atoms with Gasteiger partial charge in [-0.15, -0.1) is 5.10 Å². The van der Waals surface area contributed by atoms with Gasteiger partial charge in [0.25, 0.3) is 0 Å². The van der Waals surface area contributed by atoms with Crippen LogP contribution in [0.3, 0.4) is 0 Å². The largest absolute Gasteiger partial charge is 0.381 e. The van der Waals surface area contributed by atoms with Gasteiger partial charge < -0.3 is 4.74 Å². The number of fused-ring (bicyclic) bond motifs is 1. The van der Waals surface area contributed by atoms with E-state index in [0.29, 0.717) is 11.2 Å². The fraction of sp³-hybridized carbons (Fsp3) is 0.500. The lowest BCUT2D eigenvalue weighted by molar-refractivity contribution is 0.0668. The van der Waals surface area contributed by atoms with Crippen LogP contribution in [-0.4, -0.2) is 33.2 Å². The summed E-state index contributed by atoms with van der Waals surface area (Å²) >= 11 is 5.88.